The van der Waals surface area contributed by atoms with Gasteiger partial charge in [0.1, 0.15) is 97.7 Å². The van der Waals surface area contributed by atoms with Gasteiger partial charge in [-0.2, -0.15) is 0 Å². The third kappa shape index (κ3) is 21.5. The Morgan fingerprint density at radius 3 is 1.40 bits per heavy atom. The standard InChI is InChI=1S/C95H100N4O25/c1-60-78(109-50-61-28-12-5-13-29-61)83(113-54-65-36-20-9-21-37-65)85(115-55-66-38-22-10-23-39-66)92(118-60)123-86-84(114-56-67-44-46-69(105-2)47-45-67)80-73(58-116-90(122-80)68-40-24-11-25-41-68)120-93(86)124-87-81(111-52-63-32-16-7-17-33-63)74(121-94(107-4)95(87,104)97-98-96)59-117-91-77(99-88(102)70-42-26-27-43-71(70)89(99)103)82(112-53-64-34-18-8-19-35-64)79(110-51-62-30-14-6-15-31-62)72(119-91)57-108-76(101)49-48-75(100)106-3/h5-47,60,72-74,77-87,90-94,104H,48-59H2,1-4H3/t60-,72-,73-,74-,77-,78+,79-,80+,81+,82-,83+,84+,85-,86-,87+,90?,91-,92+,93+,94-,95-/m1/s1. The number of carbonyl (C=O) groups is 4. The lowest BCUT2D eigenvalue weighted by Gasteiger charge is -2.54. The second kappa shape index (κ2) is 42.9. The molecule has 21 atom stereocenters. The number of benzene rings is 9. The minimum absolute atomic E-state index is 0.0210. The highest BCUT2D eigenvalue weighted by Crippen LogP contribution is 2.45. The zero-order chi connectivity index (χ0) is 85.7. The van der Waals surface area contributed by atoms with Gasteiger partial charge in [0.2, 0.25) is 5.72 Å². The Morgan fingerprint density at radius 2 is 0.895 bits per heavy atom. The van der Waals surface area contributed by atoms with Gasteiger partial charge in [0.05, 0.1) is 104 Å². The van der Waals surface area contributed by atoms with Crippen molar-refractivity contribution in [3.05, 3.63) is 327 Å². The van der Waals surface area contributed by atoms with E-state index in [9.17, 15) is 20.2 Å². The summed E-state index contributed by atoms with van der Waals surface area (Å²) in [7, 11) is 3.99. The summed E-state index contributed by atoms with van der Waals surface area (Å²) in [6.45, 7) is 0.210. The van der Waals surface area contributed by atoms with Crippen molar-refractivity contribution in [2.75, 3.05) is 41.2 Å². The number of methoxy groups -OCH3 is 3. The number of azide groups is 1. The zero-order valence-corrected chi connectivity index (χ0v) is 68.9. The largest absolute Gasteiger partial charge is 0.497 e. The number of amides is 2. The van der Waals surface area contributed by atoms with Gasteiger partial charge in [-0.25, -0.2) is 0 Å². The van der Waals surface area contributed by atoms with Crippen LogP contribution in [0.15, 0.2) is 266 Å². The zero-order valence-electron chi connectivity index (χ0n) is 68.9. The summed E-state index contributed by atoms with van der Waals surface area (Å²) in [4.78, 5) is 61.3. The quantitative estimate of drug-likeness (QED) is 0.0123. The molecule has 124 heavy (non-hydrogen) atoms. The van der Waals surface area contributed by atoms with Gasteiger partial charge in [0, 0.05) is 17.6 Å². The van der Waals surface area contributed by atoms with Crippen LogP contribution in [-0.4, -0.2) is 197 Å². The maximum absolute atomic E-state index is 15.4. The fraction of sp³-hybridized carbons (Fsp3) is 0.389. The highest BCUT2D eigenvalue weighted by Gasteiger charge is 2.63. The van der Waals surface area contributed by atoms with Crippen molar-refractivity contribution in [2.45, 2.75) is 195 Å². The summed E-state index contributed by atoms with van der Waals surface area (Å²) in [5.41, 5.74) is 14.1. The van der Waals surface area contributed by atoms with E-state index >= 15 is 9.59 Å². The molecular weight excluding hydrogens is 1600 g/mol. The number of fused-ring (bicyclic) bond motifs is 2. The summed E-state index contributed by atoms with van der Waals surface area (Å²) >= 11 is 0. The fourth-order valence-electron chi connectivity index (χ4n) is 16.1. The summed E-state index contributed by atoms with van der Waals surface area (Å²) in [5, 5.41) is 17.9. The second-order valence-electron chi connectivity index (χ2n) is 30.6. The number of rotatable bonds is 38. The van der Waals surface area contributed by atoms with Gasteiger partial charge in [-0.3, -0.25) is 24.1 Å². The van der Waals surface area contributed by atoms with E-state index < -0.39 is 166 Å². The van der Waals surface area contributed by atoms with E-state index in [1.165, 1.54) is 26.4 Å². The monoisotopic (exact) mass is 1700 g/mol. The van der Waals surface area contributed by atoms with Crippen molar-refractivity contribution in [1.29, 1.82) is 0 Å². The molecule has 29 heteroatoms. The molecule has 6 heterocycles. The minimum Gasteiger partial charge on any atom is -0.497 e. The van der Waals surface area contributed by atoms with Crippen molar-refractivity contribution in [3.8, 4) is 5.75 Å². The van der Waals surface area contributed by atoms with E-state index in [-0.39, 0.29) is 76.8 Å². The molecule has 1 N–H and O–H groups in total. The van der Waals surface area contributed by atoms with Crippen LogP contribution >= 0.6 is 0 Å². The van der Waals surface area contributed by atoms with Crippen LogP contribution in [-0.2, 0) is 146 Å². The molecule has 6 aliphatic rings. The summed E-state index contributed by atoms with van der Waals surface area (Å²) < 4.78 is 137. The third-order valence-corrected chi connectivity index (χ3v) is 22.4. The lowest BCUT2D eigenvalue weighted by Crippen LogP contribution is -2.71. The van der Waals surface area contributed by atoms with Crippen LogP contribution in [0, 0.1) is 0 Å². The predicted octanol–water partition coefficient (Wildman–Crippen LogP) is 12.7. The predicted molar refractivity (Wildman–Crippen MR) is 442 cm³/mol. The first-order valence-electron chi connectivity index (χ1n) is 41.3. The van der Waals surface area contributed by atoms with Crippen LogP contribution in [0.3, 0.4) is 0 Å². The summed E-state index contributed by atoms with van der Waals surface area (Å²) in [6.07, 6.45) is -26.7. The van der Waals surface area contributed by atoms with Crippen LogP contribution in [0.2, 0.25) is 0 Å². The van der Waals surface area contributed by atoms with Crippen LogP contribution in [0.5, 0.6) is 5.75 Å². The van der Waals surface area contributed by atoms with E-state index in [2.05, 4.69) is 10.0 Å². The maximum Gasteiger partial charge on any atom is 0.306 e. The van der Waals surface area contributed by atoms with Crippen molar-refractivity contribution in [2.24, 2.45) is 5.11 Å². The van der Waals surface area contributed by atoms with Gasteiger partial charge in [-0.1, -0.05) is 242 Å². The number of hydrogen-bond donors (Lipinski definition) is 1. The van der Waals surface area contributed by atoms with Crippen LogP contribution in [0.25, 0.3) is 10.4 Å². The number of hydrogen-bond acceptors (Lipinski definition) is 26. The molecular formula is C95H100N4O25. The van der Waals surface area contributed by atoms with E-state index in [0.717, 1.165) is 21.6 Å². The van der Waals surface area contributed by atoms with Crippen molar-refractivity contribution in [3.63, 3.8) is 0 Å². The highest BCUT2D eigenvalue weighted by atomic mass is 16.8. The average Bonchev–Trinajstić information content (AvgIpc) is 1.31. The lowest BCUT2D eigenvalue weighted by atomic mass is 9.92. The SMILES string of the molecule is COC(=O)CCC(=O)OC[C@H]1O[C@@H](OC[C@H]2O[C@@H](OC)[C@@](O)(N=[N+]=[N-])[C@@H](O[C@@H]3O[C@@H]4COC(c5ccccc5)O[C@@H]4[C@H](OCc4ccc(OC)cc4)[C@H]3O[C@@H]3O[C@H](C)[C@H](OCc4ccccc4)[C@H](OCc4ccccc4)[C@H]3OCc3ccccc3)[C@H]2OCc2ccccc2)[C@H](N2C(=O)c3ccccc3C2=O)[C@@H](OCc2ccccc2)[C@@H]1OCc1ccccc1. The molecule has 9 aromatic carbocycles. The highest BCUT2D eigenvalue weighted by molar-refractivity contribution is 6.21. The normalized spacial score (nSPS) is 28.5. The molecule has 29 nitrogen and oxygen atoms in total. The number of esters is 2. The van der Waals surface area contributed by atoms with Crippen molar-refractivity contribution >= 4 is 23.8 Å². The molecule has 2 amide bonds. The smallest absolute Gasteiger partial charge is 0.306 e. The minimum atomic E-state index is -2.95. The maximum atomic E-state index is 15.4. The molecule has 0 aliphatic carbocycles. The number of imide groups is 1. The van der Waals surface area contributed by atoms with Gasteiger partial charge in [0.15, 0.2) is 31.5 Å². The average molecular weight is 1700 g/mol. The number of aliphatic hydroxyl groups is 1. The Morgan fingerprint density at radius 1 is 0.452 bits per heavy atom. The Labute approximate surface area is 717 Å². The summed E-state index contributed by atoms with van der Waals surface area (Å²) in [5.74, 6) is -2.33. The first-order chi connectivity index (χ1) is 60.7. The van der Waals surface area contributed by atoms with E-state index in [4.69, 9.17) is 94.7 Å². The molecule has 0 radical (unpaired) electrons. The molecule has 9 aromatic rings. The molecule has 5 saturated heterocycles. The lowest BCUT2D eigenvalue weighted by molar-refractivity contribution is -0.424. The number of ether oxygens (including phenoxy) is 20. The molecule has 0 aromatic heterocycles. The van der Waals surface area contributed by atoms with Gasteiger partial charge >= 0.3 is 11.9 Å². The second-order valence-corrected chi connectivity index (χ2v) is 30.6. The van der Waals surface area contributed by atoms with E-state index in [0.29, 0.717) is 33.6 Å². The van der Waals surface area contributed by atoms with Crippen LogP contribution in [0.4, 0.5) is 0 Å². The van der Waals surface area contributed by atoms with E-state index in [1.54, 1.807) is 55.6 Å². The molecule has 1 unspecified atom stereocenters. The topological polar surface area (TPSA) is 325 Å². The fourth-order valence-corrected chi connectivity index (χ4v) is 16.1. The Balaban J connectivity index is 0.851. The summed E-state index contributed by atoms with van der Waals surface area (Å²) in [6, 6.07) is 77.8. The van der Waals surface area contributed by atoms with Gasteiger partial charge < -0.3 is 99.8 Å². The Hall–Kier alpha value is -10.6. The first kappa shape index (κ1) is 88.3. The van der Waals surface area contributed by atoms with Gasteiger partial charge in [-0.15, -0.1) is 0 Å². The number of nitrogens with zero attached hydrogens (tertiary/aromatic N) is 4. The van der Waals surface area contributed by atoms with Gasteiger partial charge in [0.25, 0.3) is 11.8 Å². The first-order valence-corrected chi connectivity index (χ1v) is 41.3. The van der Waals surface area contributed by atoms with Crippen LogP contribution < -0.4 is 4.74 Å². The Kier molecular flexibility index (Phi) is 30.6. The Bertz CT molecular complexity index is 4890. The molecule has 0 saturated carbocycles. The molecule has 5 fully saturated rings. The van der Waals surface area contributed by atoms with Gasteiger partial charge in [-0.05, 0) is 75.7 Å². The van der Waals surface area contributed by atoms with Crippen molar-refractivity contribution < 1.29 is 119 Å². The molecule has 0 bridgehead atoms. The van der Waals surface area contributed by atoms with Crippen LogP contribution in [0.1, 0.15) is 91.3 Å². The molecule has 6 aliphatic heterocycles. The molecule has 0 spiro atoms. The third-order valence-electron chi connectivity index (χ3n) is 22.4. The number of carbonyl (C=O) groups excluding carboxylic acids is 4. The van der Waals surface area contributed by atoms with Crippen molar-refractivity contribution in [1.82, 2.24) is 4.90 Å². The van der Waals surface area contributed by atoms with E-state index in [1.807, 2.05) is 207 Å². The molecule has 15 rings (SSSR count). The molecule has 650 valence electrons.